The molecule has 0 radical (unpaired) electrons. The third kappa shape index (κ3) is 8.35. The molecule has 0 spiro atoms. The Morgan fingerprint density at radius 1 is 1.07 bits per heavy atom. The van der Waals surface area contributed by atoms with Gasteiger partial charge in [-0.3, -0.25) is 4.79 Å². The van der Waals surface area contributed by atoms with Gasteiger partial charge in [0.1, 0.15) is 6.04 Å². The predicted molar refractivity (Wildman–Crippen MR) is 60.3 cm³/mol. The molecular formula is C10H23N3O2. The van der Waals surface area contributed by atoms with E-state index in [9.17, 15) is 4.79 Å². The van der Waals surface area contributed by atoms with Crippen molar-refractivity contribution in [2.45, 2.75) is 50.6 Å². The minimum atomic E-state index is -0.928. The first-order valence-corrected chi connectivity index (χ1v) is 5.52. The van der Waals surface area contributed by atoms with Crippen molar-refractivity contribution in [1.82, 2.24) is 0 Å². The van der Waals surface area contributed by atoms with E-state index in [-0.39, 0.29) is 6.04 Å². The van der Waals surface area contributed by atoms with E-state index in [2.05, 4.69) is 0 Å². The van der Waals surface area contributed by atoms with E-state index in [4.69, 9.17) is 22.3 Å². The number of hydrogen-bond donors (Lipinski definition) is 4. The van der Waals surface area contributed by atoms with E-state index in [1.54, 1.807) is 0 Å². The minimum absolute atomic E-state index is 0.189. The zero-order valence-electron chi connectivity index (χ0n) is 9.19. The van der Waals surface area contributed by atoms with Gasteiger partial charge >= 0.3 is 5.97 Å². The molecule has 0 rings (SSSR count). The first kappa shape index (κ1) is 14.3. The molecule has 0 aromatic rings. The number of unbranched alkanes of at least 4 members (excludes halogenated alkanes) is 1. The highest BCUT2D eigenvalue weighted by molar-refractivity contribution is 5.72. The van der Waals surface area contributed by atoms with Crippen molar-refractivity contribution in [2.24, 2.45) is 17.2 Å². The van der Waals surface area contributed by atoms with Crippen LogP contribution in [0.4, 0.5) is 0 Å². The summed E-state index contributed by atoms with van der Waals surface area (Å²) < 4.78 is 0. The molecule has 0 bridgehead atoms. The maximum atomic E-state index is 10.4. The highest BCUT2D eigenvalue weighted by Gasteiger charge is 2.10. The van der Waals surface area contributed by atoms with Gasteiger partial charge in [0.25, 0.3) is 0 Å². The quantitative estimate of drug-likeness (QED) is 0.406. The van der Waals surface area contributed by atoms with Crippen molar-refractivity contribution >= 4 is 5.97 Å². The van der Waals surface area contributed by atoms with Gasteiger partial charge in [0.15, 0.2) is 0 Å². The van der Waals surface area contributed by atoms with Crippen molar-refractivity contribution in [1.29, 1.82) is 0 Å². The summed E-state index contributed by atoms with van der Waals surface area (Å²) in [5.41, 5.74) is 16.6. The zero-order valence-corrected chi connectivity index (χ0v) is 9.19. The molecule has 0 aliphatic rings. The van der Waals surface area contributed by atoms with E-state index in [0.717, 1.165) is 32.1 Å². The molecule has 0 aromatic heterocycles. The largest absolute Gasteiger partial charge is 0.480 e. The van der Waals surface area contributed by atoms with E-state index < -0.39 is 12.0 Å². The van der Waals surface area contributed by atoms with Crippen molar-refractivity contribution in [3.63, 3.8) is 0 Å². The smallest absolute Gasteiger partial charge is 0.320 e. The molecule has 0 aromatic carbocycles. The Bertz CT molecular complexity index is 176. The lowest BCUT2D eigenvalue weighted by molar-refractivity contribution is -0.138. The normalized spacial score (nSPS) is 14.9. The summed E-state index contributed by atoms with van der Waals surface area (Å²) in [6.07, 6.45) is 5.11. The molecule has 7 N–H and O–H groups in total. The second-order valence-corrected chi connectivity index (χ2v) is 3.92. The third-order valence-corrected chi connectivity index (χ3v) is 2.44. The monoisotopic (exact) mass is 217 g/mol. The van der Waals surface area contributed by atoms with Crippen LogP contribution in [0.1, 0.15) is 38.5 Å². The molecular weight excluding hydrogens is 194 g/mol. The Kier molecular flexibility index (Phi) is 8.27. The first-order chi connectivity index (χ1) is 7.07. The van der Waals surface area contributed by atoms with Crippen LogP contribution in [0.3, 0.4) is 0 Å². The maximum absolute atomic E-state index is 10.4. The molecule has 0 heterocycles. The number of aliphatic carboxylic acids is 1. The van der Waals surface area contributed by atoms with Crippen LogP contribution in [0.25, 0.3) is 0 Å². The number of hydrogen-bond acceptors (Lipinski definition) is 4. The maximum Gasteiger partial charge on any atom is 0.320 e. The van der Waals surface area contributed by atoms with Crippen LogP contribution in [0, 0.1) is 0 Å². The summed E-state index contributed by atoms with van der Waals surface area (Å²) in [6.45, 7) is 0.678. The summed E-state index contributed by atoms with van der Waals surface area (Å²) in [7, 11) is 0. The molecule has 90 valence electrons. The zero-order chi connectivity index (χ0) is 11.7. The Hall–Kier alpha value is -0.650. The fraction of sp³-hybridized carbons (Fsp3) is 0.900. The van der Waals surface area contributed by atoms with E-state index >= 15 is 0 Å². The number of carbonyl (C=O) groups is 1. The molecule has 0 saturated carbocycles. The van der Waals surface area contributed by atoms with Gasteiger partial charge in [-0.1, -0.05) is 12.8 Å². The Balaban J connectivity index is 3.33. The van der Waals surface area contributed by atoms with Gasteiger partial charge in [-0.2, -0.15) is 0 Å². The molecule has 0 fully saturated rings. The summed E-state index contributed by atoms with van der Waals surface area (Å²) in [6, 6.07) is -0.542. The van der Waals surface area contributed by atoms with Crippen molar-refractivity contribution in [2.75, 3.05) is 6.54 Å². The van der Waals surface area contributed by atoms with Crippen LogP contribution in [0.2, 0.25) is 0 Å². The van der Waals surface area contributed by atoms with Crippen molar-refractivity contribution in [3.05, 3.63) is 0 Å². The Morgan fingerprint density at radius 3 is 2.13 bits per heavy atom. The lowest BCUT2D eigenvalue weighted by Gasteiger charge is -2.11. The molecule has 0 aliphatic heterocycles. The van der Waals surface area contributed by atoms with Crippen LogP contribution >= 0.6 is 0 Å². The molecule has 2 unspecified atom stereocenters. The van der Waals surface area contributed by atoms with E-state index in [1.165, 1.54) is 0 Å². The fourth-order valence-corrected chi connectivity index (χ4v) is 1.42. The first-order valence-electron chi connectivity index (χ1n) is 5.52. The summed E-state index contributed by atoms with van der Waals surface area (Å²) >= 11 is 0. The summed E-state index contributed by atoms with van der Waals surface area (Å²) in [5.74, 6) is -0.928. The summed E-state index contributed by atoms with van der Waals surface area (Å²) in [5, 5.41) is 8.54. The lowest BCUT2D eigenvalue weighted by atomic mass is 10.0. The van der Waals surface area contributed by atoms with Gasteiger partial charge in [-0.15, -0.1) is 0 Å². The van der Waals surface area contributed by atoms with Gasteiger partial charge in [-0.05, 0) is 32.2 Å². The molecule has 2 atom stereocenters. The summed E-state index contributed by atoms with van der Waals surface area (Å²) in [4.78, 5) is 10.4. The van der Waals surface area contributed by atoms with Crippen molar-refractivity contribution in [3.8, 4) is 0 Å². The van der Waals surface area contributed by atoms with E-state index in [0.29, 0.717) is 13.0 Å². The van der Waals surface area contributed by atoms with Crippen LogP contribution in [-0.4, -0.2) is 29.7 Å². The fourth-order valence-electron chi connectivity index (χ4n) is 1.42. The third-order valence-electron chi connectivity index (χ3n) is 2.44. The molecule has 5 nitrogen and oxygen atoms in total. The van der Waals surface area contributed by atoms with Crippen LogP contribution in [0.5, 0.6) is 0 Å². The average molecular weight is 217 g/mol. The number of nitrogens with two attached hydrogens (primary N) is 3. The van der Waals surface area contributed by atoms with E-state index in [1.807, 2.05) is 0 Å². The predicted octanol–water partition coefficient (Wildman–Crippen LogP) is 0.0249. The highest BCUT2D eigenvalue weighted by atomic mass is 16.4. The van der Waals surface area contributed by atoms with Gasteiger partial charge in [0.05, 0.1) is 0 Å². The standard InChI is InChI=1S/C10H23N3O2/c11-7-3-5-8(12)4-1-2-6-9(13)10(14)15/h8-9H,1-7,11-13H2,(H,14,15). The molecule has 15 heavy (non-hydrogen) atoms. The van der Waals surface area contributed by atoms with Gasteiger partial charge in [-0.25, -0.2) is 0 Å². The average Bonchev–Trinajstić information content (AvgIpc) is 2.20. The molecule has 5 heteroatoms. The van der Waals surface area contributed by atoms with Crippen LogP contribution in [-0.2, 0) is 4.79 Å². The Labute approximate surface area is 91.0 Å². The minimum Gasteiger partial charge on any atom is -0.480 e. The number of carboxylic acids is 1. The van der Waals surface area contributed by atoms with Gasteiger partial charge in [0.2, 0.25) is 0 Å². The molecule has 0 saturated heterocycles. The van der Waals surface area contributed by atoms with Crippen LogP contribution in [0.15, 0.2) is 0 Å². The lowest BCUT2D eigenvalue weighted by Crippen LogP contribution is -2.30. The SMILES string of the molecule is NCCCC(N)CCCCC(N)C(=O)O. The second-order valence-electron chi connectivity index (χ2n) is 3.92. The number of carboxylic acid groups (broad SMARTS) is 1. The number of rotatable bonds is 9. The van der Waals surface area contributed by atoms with Crippen LogP contribution < -0.4 is 17.2 Å². The Morgan fingerprint density at radius 2 is 1.60 bits per heavy atom. The van der Waals surface area contributed by atoms with Gasteiger partial charge in [0, 0.05) is 6.04 Å². The van der Waals surface area contributed by atoms with Gasteiger partial charge < -0.3 is 22.3 Å². The second kappa shape index (κ2) is 8.64. The highest BCUT2D eigenvalue weighted by Crippen LogP contribution is 2.07. The topological polar surface area (TPSA) is 115 Å². The van der Waals surface area contributed by atoms with Crippen molar-refractivity contribution < 1.29 is 9.90 Å². The molecule has 0 aliphatic carbocycles. The molecule has 0 amide bonds.